The van der Waals surface area contributed by atoms with Crippen LogP contribution in [0.5, 0.6) is 5.75 Å². The minimum absolute atomic E-state index is 0.0738. The molecule has 190 valence electrons. The van der Waals surface area contributed by atoms with Crippen LogP contribution in [-0.2, 0) is 11.3 Å². The predicted molar refractivity (Wildman–Crippen MR) is 154 cm³/mol. The first kappa shape index (κ1) is 25.0. The minimum Gasteiger partial charge on any atom is -0.483 e. The van der Waals surface area contributed by atoms with Gasteiger partial charge in [0.1, 0.15) is 5.75 Å². The van der Waals surface area contributed by atoms with Crippen LogP contribution in [0.25, 0.3) is 10.8 Å². The average Bonchev–Trinajstić information content (AvgIpc) is 2.92. The van der Waals surface area contributed by atoms with Crippen molar-refractivity contribution >= 4 is 45.3 Å². The lowest BCUT2D eigenvalue weighted by molar-refractivity contribution is -0.118. The number of aryl methyl sites for hydroxylation is 1. The molecule has 1 heterocycles. The molecule has 0 radical (unpaired) electrons. The van der Waals surface area contributed by atoms with Gasteiger partial charge < -0.3 is 20.3 Å². The number of rotatable bonds is 8. The molecular weight excluding hydrogens is 482 g/mol. The first-order chi connectivity index (χ1) is 18.1. The van der Waals surface area contributed by atoms with Gasteiger partial charge in [-0.3, -0.25) is 4.79 Å². The number of hydrogen-bond acceptors (Lipinski definition) is 4. The van der Waals surface area contributed by atoms with E-state index >= 15 is 0 Å². The standard InChI is InChI=1S/C31H32ClN3O2/c1-22-9-12-24(13-10-22)34-31(36)21-37-30-16-11-23-7-3-4-8-26(23)27(30)20-33-25-14-15-29(28(32)19-25)35-17-5-2-6-18-35/h3-4,7-16,19,33H,2,5-6,17-18,20-21H2,1H3,(H,34,36). The highest BCUT2D eigenvalue weighted by atomic mass is 35.5. The fourth-order valence-electron chi connectivity index (χ4n) is 4.81. The Bertz CT molecular complexity index is 1380. The molecule has 1 saturated heterocycles. The molecule has 1 fully saturated rings. The Morgan fingerprint density at radius 3 is 2.46 bits per heavy atom. The van der Waals surface area contributed by atoms with Crippen LogP contribution in [0.3, 0.4) is 0 Å². The number of ether oxygens (including phenoxy) is 1. The molecule has 1 amide bonds. The van der Waals surface area contributed by atoms with Crippen molar-refractivity contribution in [2.24, 2.45) is 0 Å². The van der Waals surface area contributed by atoms with Gasteiger partial charge >= 0.3 is 0 Å². The molecule has 0 aromatic heterocycles. The van der Waals surface area contributed by atoms with Gasteiger partial charge in [0.05, 0.1) is 10.7 Å². The fourth-order valence-corrected chi connectivity index (χ4v) is 5.11. The number of fused-ring (bicyclic) bond motifs is 1. The van der Waals surface area contributed by atoms with E-state index in [0.29, 0.717) is 12.3 Å². The van der Waals surface area contributed by atoms with Gasteiger partial charge in [-0.2, -0.15) is 0 Å². The second-order valence-corrected chi connectivity index (χ2v) is 9.94. The van der Waals surface area contributed by atoms with Crippen molar-refractivity contribution in [1.29, 1.82) is 0 Å². The van der Waals surface area contributed by atoms with Gasteiger partial charge in [-0.05, 0) is 73.4 Å². The lowest BCUT2D eigenvalue weighted by atomic mass is 10.0. The lowest BCUT2D eigenvalue weighted by Gasteiger charge is -2.29. The second-order valence-electron chi connectivity index (χ2n) is 9.53. The number of nitrogens with one attached hydrogen (secondary N) is 2. The summed E-state index contributed by atoms with van der Waals surface area (Å²) < 4.78 is 6.03. The van der Waals surface area contributed by atoms with Crippen molar-refractivity contribution in [3.05, 3.63) is 95.0 Å². The molecule has 0 saturated carbocycles. The molecule has 1 aliphatic rings. The number of piperidine rings is 1. The Morgan fingerprint density at radius 1 is 0.919 bits per heavy atom. The van der Waals surface area contributed by atoms with Gasteiger partial charge in [0.2, 0.25) is 0 Å². The molecule has 0 spiro atoms. The minimum atomic E-state index is -0.198. The summed E-state index contributed by atoms with van der Waals surface area (Å²) in [5.41, 5.74) is 4.94. The van der Waals surface area contributed by atoms with Crippen LogP contribution in [0.4, 0.5) is 17.1 Å². The highest BCUT2D eigenvalue weighted by molar-refractivity contribution is 6.33. The molecule has 0 bridgehead atoms. The van der Waals surface area contributed by atoms with Crippen LogP contribution in [0.15, 0.2) is 78.9 Å². The van der Waals surface area contributed by atoms with Crippen molar-refractivity contribution in [1.82, 2.24) is 0 Å². The summed E-state index contributed by atoms with van der Waals surface area (Å²) in [5, 5.41) is 9.37. The molecule has 2 N–H and O–H groups in total. The summed E-state index contributed by atoms with van der Waals surface area (Å²) in [5.74, 6) is 0.484. The number of amides is 1. The molecule has 37 heavy (non-hydrogen) atoms. The Kier molecular flexibility index (Phi) is 7.81. The number of carbonyl (C=O) groups excluding carboxylic acids is 1. The van der Waals surface area contributed by atoms with E-state index < -0.39 is 0 Å². The number of hydrogen-bond donors (Lipinski definition) is 2. The topological polar surface area (TPSA) is 53.6 Å². The fraction of sp³-hybridized carbons (Fsp3) is 0.258. The third-order valence-corrected chi connectivity index (χ3v) is 7.11. The van der Waals surface area contributed by atoms with Crippen LogP contribution >= 0.6 is 11.6 Å². The van der Waals surface area contributed by atoms with E-state index in [1.54, 1.807) is 0 Å². The first-order valence-electron chi connectivity index (χ1n) is 12.9. The molecule has 4 aromatic carbocycles. The van der Waals surface area contributed by atoms with Crippen LogP contribution in [0.2, 0.25) is 5.02 Å². The zero-order valence-corrected chi connectivity index (χ0v) is 21.9. The summed E-state index contributed by atoms with van der Waals surface area (Å²) in [6, 6.07) is 26.0. The number of carbonyl (C=O) groups is 1. The van der Waals surface area contributed by atoms with Crippen LogP contribution in [0, 0.1) is 6.92 Å². The molecule has 6 heteroatoms. The first-order valence-corrected chi connectivity index (χ1v) is 13.2. The van der Waals surface area contributed by atoms with Crippen molar-refractivity contribution in [3.63, 3.8) is 0 Å². The summed E-state index contributed by atoms with van der Waals surface area (Å²) in [7, 11) is 0. The van der Waals surface area contributed by atoms with E-state index in [9.17, 15) is 4.79 Å². The molecular formula is C31H32ClN3O2. The van der Waals surface area contributed by atoms with Crippen molar-refractivity contribution in [2.75, 3.05) is 35.2 Å². The summed E-state index contributed by atoms with van der Waals surface area (Å²) in [4.78, 5) is 14.9. The van der Waals surface area contributed by atoms with Crippen molar-refractivity contribution < 1.29 is 9.53 Å². The number of benzene rings is 4. The number of nitrogens with zero attached hydrogens (tertiary/aromatic N) is 1. The van der Waals surface area contributed by atoms with Crippen molar-refractivity contribution in [3.8, 4) is 5.75 Å². The van der Waals surface area contributed by atoms with Gasteiger partial charge in [-0.1, -0.05) is 59.6 Å². The second kappa shape index (κ2) is 11.6. The summed E-state index contributed by atoms with van der Waals surface area (Å²) >= 11 is 6.68. The molecule has 5 nitrogen and oxygen atoms in total. The van der Waals surface area contributed by atoms with Gasteiger partial charge in [0.25, 0.3) is 5.91 Å². The van der Waals surface area contributed by atoms with Crippen LogP contribution in [-0.4, -0.2) is 25.6 Å². The Balaban J connectivity index is 1.30. The smallest absolute Gasteiger partial charge is 0.262 e. The summed E-state index contributed by atoms with van der Waals surface area (Å²) in [6.45, 7) is 4.59. The largest absolute Gasteiger partial charge is 0.483 e. The van der Waals surface area contributed by atoms with Gasteiger partial charge in [-0.25, -0.2) is 0 Å². The zero-order chi connectivity index (χ0) is 25.6. The zero-order valence-electron chi connectivity index (χ0n) is 21.1. The molecule has 0 aliphatic carbocycles. The number of anilines is 3. The average molecular weight is 514 g/mol. The van der Waals surface area contributed by atoms with Gasteiger partial charge in [0, 0.05) is 36.6 Å². The molecule has 0 unspecified atom stereocenters. The van der Waals surface area contributed by atoms with E-state index in [2.05, 4.69) is 39.8 Å². The lowest BCUT2D eigenvalue weighted by Crippen LogP contribution is -2.29. The highest BCUT2D eigenvalue weighted by Gasteiger charge is 2.15. The van der Waals surface area contributed by atoms with Gasteiger partial charge in [0.15, 0.2) is 6.61 Å². The van der Waals surface area contributed by atoms with Gasteiger partial charge in [-0.15, -0.1) is 0 Å². The normalized spacial score (nSPS) is 13.4. The quantitative estimate of drug-likeness (QED) is 0.257. The monoisotopic (exact) mass is 513 g/mol. The molecule has 1 aliphatic heterocycles. The third-order valence-electron chi connectivity index (χ3n) is 6.81. The van der Waals surface area contributed by atoms with Crippen LogP contribution in [0.1, 0.15) is 30.4 Å². The van der Waals surface area contributed by atoms with E-state index in [1.807, 2.05) is 61.5 Å². The molecule has 4 aromatic rings. The maximum atomic E-state index is 12.6. The van der Waals surface area contributed by atoms with E-state index in [0.717, 1.165) is 57.1 Å². The Labute approximate surface area is 223 Å². The van der Waals surface area contributed by atoms with Crippen molar-refractivity contribution in [2.45, 2.75) is 32.7 Å². The van der Waals surface area contributed by atoms with E-state index in [4.69, 9.17) is 16.3 Å². The van der Waals surface area contributed by atoms with E-state index in [1.165, 1.54) is 19.3 Å². The summed E-state index contributed by atoms with van der Waals surface area (Å²) in [6.07, 6.45) is 3.71. The third kappa shape index (κ3) is 6.17. The Hall–Kier alpha value is -3.70. The maximum absolute atomic E-state index is 12.6. The maximum Gasteiger partial charge on any atom is 0.262 e. The van der Waals surface area contributed by atoms with Crippen LogP contribution < -0.4 is 20.3 Å². The molecule has 0 atom stereocenters. The van der Waals surface area contributed by atoms with E-state index in [-0.39, 0.29) is 12.5 Å². The number of halogens is 1. The Morgan fingerprint density at radius 2 is 1.68 bits per heavy atom. The highest BCUT2D eigenvalue weighted by Crippen LogP contribution is 2.33. The SMILES string of the molecule is Cc1ccc(NC(=O)COc2ccc3ccccc3c2CNc2ccc(N3CCCCC3)c(Cl)c2)cc1. The predicted octanol–water partition coefficient (Wildman–Crippen LogP) is 7.42. The molecule has 5 rings (SSSR count).